The van der Waals surface area contributed by atoms with Crippen LogP contribution in [0.25, 0.3) is 11.4 Å². The number of benzene rings is 1. The third kappa shape index (κ3) is 4.31. The number of carbonyl (C=O) groups is 1. The SMILES string of the molecule is COc1ccc(Cl)cc1Nc1nc2c(s1)CCCc1sc(NC(=O)C(C)(C)C)nc1-2. The second-order valence-corrected chi connectivity index (χ2v) is 10.7. The molecule has 6 nitrogen and oxygen atoms in total. The Labute approximate surface area is 188 Å². The van der Waals surface area contributed by atoms with Gasteiger partial charge in [-0.2, -0.15) is 0 Å². The highest BCUT2D eigenvalue weighted by molar-refractivity contribution is 7.17. The van der Waals surface area contributed by atoms with Gasteiger partial charge < -0.3 is 15.4 Å². The lowest BCUT2D eigenvalue weighted by atomic mass is 9.96. The number of nitrogens with one attached hydrogen (secondary N) is 2. The van der Waals surface area contributed by atoms with E-state index in [1.165, 1.54) is 4.88 Å². The van der Waals surface area contributed by atoms with Crippen LogP contribution in [0.4, 0.5) is 16.0 Å². The summed E-state index contributed by atoms with van der Waals surface area (Å²) < 4.78 is 5.42. The molecule has 0 saturated heterocycles. The average Bonchev–Trinajstić information content (AvgIpc) is 3.21. The van der Waals surface area contributed by atoms with Crippen molar-refractivity contribution in [3.63, 3.8) is 0 Å². The molecule has 0 unspecified atom stereocenters. The van der Waals surface area contributed by atoms with Crippen LogP contribution in [-0.4, -0.2) is 23.0 Å². The van der Waals surface area contributed by atoms with Gasteiger partial charge in [0, 0.05) is 20.2 Å². The summed E-state index contributed by atoms with van der Waals surface area (Å²) in [4.78, 5) is 24.3. The van der Waals surface area contributed by atoms with Crippen molar-refractivity contribution in [3.05, 3.63) is 33.0 Å². The van der Waals surface area contributed by atoms with Crippen LogP contribution in [0.15, 0.2) is 18.2 Å². The van der Waals surface area contributed by atoms with Crippen LogP contribution in [-0.2, 0) is 17.6 Å². The van der Waals surface area contributed by atoms with E-state index in [-0.39, 0.29) is 5.91 Å². The molecule has 2 heterocycles. The Morgan fingerprint density at radius 2 is 1.73 bits per heavy atom. The van der Waals surface area contributed by atoms with Crippen molar-refractivity contribution in [1.29, 1.82) is 0 Å². The van der Waals surface area contributed by atoms with Crippen LogP contribution >= 0.6 is 34.3 Å². The van der Waals surface area contributed by atoms with E-state index in [1.807, 2.05) is 32.9 Å². The van der Waals surface area contributed by atoms with Gasteiger partial charge in [0.05, 0.1) is 12.8 Å². The number of hydrogen-bond acceptors (Lipinski definition) is 7. The fourth-order valence-corrected chi connectivity index (χ4v) is 5.29. The van der Waals surface area contributed by atoms with Crippen molar-refractivity contribution in [1.82, 2.24) is 9.97 Å². The molecule has 4 rings (SSSR count). The molecule has 0 spiro atoms. The summed E-state index contributed by atoms with van der Waals surface area (Å²) >= 11 is 9.31. The van der Waals surface area contributed by atoms with E-state index >= 15 is 0 Å². The summed E-state index contributed by atoms with van der Waals surface area (Å²) in [6.45, 7) is 5.67. The summed E-state index contributed by atoms with van der Waals surface area (Å²) in [5.74, 6) is 0.659. The van der Waals surface area contributed by atoms with Gasteiger partial charge in [-0.25, -0.2) is 9.97 Å². The van der Waals surface area contributed by atoms with Gasteiger partial charge in [0.25, 0.3) is 0 Å². The van der Waals surface area contributed by atoms with Crippen LogP contribution in [0.5, 0.6) is 5.75 Å². The number of hydrogen-bond donors (Lipinski definition) is 2. The number of halogens is 1. The molecule has 1 aliphatic rings. The smallest absolute Gasteiger partial charge is 0.231 e. The molecule has 3 aromatic rings. The van der Waals surface area contributed by atoms with Crippen LogP contribution in [0.1, 0.15) is 36.9 Å². The molecule has 0 saturated carbocycles. The predicted molar refractivity (Wildman–Crippen MR) is 125 cm³/mol. The van der Waals surface area contributed by atoms with Crippen LogP contribution in [0.2, 0.25) is 5.02 Å². The van der Waals surface area contributed by atoms with Crippen molar-refractivity contribution >= 4 is 56.1 Å². The number of fused-ring (bicyclic) bond motifs is 3. The molecule has 2 N–H and O–H groups in total. The second-order valence-electron chi connectivity index (χ2n) is 8.11. The Kier molecular flexibility index (Phi) is 5.74. The number of carbonyl (C=O) groups excluding carboxylic acids is 1. The Balaban J connectivity index is 1.65. The number of ether oxygens (including phenoxy) is 1. The minimum absolute atomic E-state index is 0.0414. The summed E-state index contributed by atoms with van der Waals surface area (Å²) in [6.07, 6.45) is 2.91. The first-order chi connectivity index (χ1) is 14.2. The maximum atomic E-state index is 12.4. The molecule has 9 heteroatoms. The molecule has 2 aromatic heterocycles. The van der Waals surface area contributed by atoms with Gasteiger partial charge in [-0.1, -0.05) is 32.4 Å². The van der Waals surface area contributed by atoms with Crippen LogP contribution in [0.3, 0.4) is 0 Å². The first-order valence-electron chi connectivity index (χ1n) is 9.66. The molecular formula is C21H23ClN4O2S2. The van der Waals surface area contributed by atoms with Gasteiger partial charge in [-0.05, 0) is 37.5 Å². The van der Waals surface area contributed by atoms with Gasteiger partial charge >= 0.3 is 0 Å². The molecule has 0 bridgehead atoms. The normalized spacial score (nSPS) is 13.2. The van der Waals surface area contributed by atoms with Crippen LogP contribution < -0.4 is 15.4 Å². The zero-order valence-corrected chi connectivity index (χ0v) is 19.6. The standard InChI is InChI=1S/C21H23ClN4O2S2/c1-21(2,3)18(27)26-20-25-17-15(30-20)7-5-6-14-16(17)24-19(29-14)23-12-10-11(22)8-9-13(12)28-4/h8-10H,5-7H2,1-4H3,(H,23,24)(H,25,26,27). The fraction of sp³-hybridized carbons (Fsp3) is 0.381. The highest BCUT2D eigenvalue weighted by Gasteiger charge is 2.26. The minimum Gasteiger partial charge on any atom is -0.495 e. The van der Waals surface area contributed by atoms with Crippen molar-refractivity contribution in [2.24, 2.45) is 5.41 Å². The minimum atomic E-state index is -0.470. The number of amides is 1. The zero-order valence-electron chi connectivity index (χ0n) is 17.3. The third-order valence-corrected chi connectivity index (χ3v) is 7.03. The van der Waals surface area contributed by atoms with Crippen molar-refractivity contribution < 1.29 is 9.53 Å². The monoisotopic (exact) mass is 462 g/mol. The quantitative estimate of drug-likeness (QED) is 0.486. The molecule has 0 radical (unpaired) electrons. The van der Waals surface area contributed by atoms with Gasteiger partial charge in [-0.3, -0.25) is 4.79 Å². The lowest BCUT2D eigenvalue weighted by molar-refractivity contribution is -0.123. The van der Waals surface area contributed by atoms with Gasteiger partial charge in [0.2, 0.25) is 5.91 Å². The van der Waals surface area contributed by atoms with Crippen molar-refractivity contribution in [2.45, 2.75) is 40.0 Å². The highest BCUT2D eigenvalue weighted by Crippen LogP contribution is 2.42. The topological polar surface area (TPSA) is 76.1 Å². The fourth-order valence-electron chi connectivity index (χ4n) is 3.11. The highest BCUT2D eigenvalue weighted by atomic mass is 35.5. The average molecular weight is 463 g/mol. The molecule has 1 aromatic carbocycles. The maximum absolute atomic E-state index is 12.4. The summed E-state index contributed by atoms with van der Waals surface area (Å²) in [5, 5.41) is 8.31. The Morgan fingerprint density at radius 1 is 1.10 bits per heavy atom. The number of nitrogens with zero attached hydrogens (tertiary/aromatic N) is 2. The van der Waals surface area contributed by atoms with Crippen LogP contribution in [0, 0.1) is 5.41 Å². The van der Waals surface area contributed by atoms with Crippen molar-refractivity contribution in [2.75, 3.05) is 17.7 Å². The third-order valence-electron chi connectivity index (χ3n) is 4.73. The molecule has 0 fully saturated rings. The largest absolute Gasteiger partial charge is 0.495 e. The molecule has 0 atom stereocenters. The van der Waals surface area contributed by atoms with Gasteiger partial charge in [-0.15, -0.1) is 22.7 Å². The van der Waals surface area contributed by atoms with E-state index in [9.17, 15) is 4.79 Å². The number of thiazole rings is 2. The summed E-state index contributed by atoms with van der Waals surface area (Å²) in [6, 6.07) is 5.44. The molecule has 1 amide bonds. The zero-order chi connectivity index (χ0) is 21.5. The number of rotatable bonds is 4. The first-order valence-corrected chi connectivity index (χ1v) is 11.7. The Hall–Kier alpha value is -2.16. The molecule has 0 aliphatic heterocycles. The van der Waals surface area contributed by atoms with E-state index in [4.69, 9.17) is 26.3 Å². The lowest BCUT2D eigenvalue weighted by Crippen LogP contribution is -2.27. The number of aryl methyl sites for hydroxylation is 2. The Morgan fingerprint density at radius 3 is 2.37 bits per heavy atom. The molecule has 1 aliphatic carbocycles. The number of aromatic nitrogens is 2. The van der Waals surface area contributed by atoms with E-state index in [1.54, 1.807) is 35.8 Å². The predicted octanol–water partition coefficient (Wildman–Crippen LogP) is 6.15. The molecule has 30 heavy (non-hydrogen) atoms. The molecule has 158 valence electrons. The Bertz CT molecular complexity index is 1100. The van der Waals surface area contributed by atoms with E-state index in [0.29, 0.717) is 15.9 Å². The first kappa shape index (κ1) is 21.1. The summed E-state index contributed by atoms with van der Waals surface area (Å²) in [5.41, 5.74) is 2.07. The van der Waals surface area contributed by atoms with E-state index < -0.39 is 5.41 Å². The second kappa shape index (κ2) is 8.17. The lowest BCUT2D eigenvalue weighted by Gasteiger charge is -2.15. The number of anilines is 3. The number of methoxy groups -OCH3 is 1. The van der Waals surface area contributed by atoms with Gasteiger partial charge in [0.1, 0.15) is 17.1 Å². The molecular weight excluding hydrogens is 440 g/mol. The van der Waals surface area contributed by atoms with Crippen molar-refractivity contribution in [3.8, 4) is 17.1 Å². The van der Waals surface area contributed by atoms with E-state index in [2.05, 4.69) is 10.6 Å². The maximum Gasteiger partial charge on any atom is 0.231 e. The van der Waals surface area contributed by atoms with E-state index in [0.717, 1.165) is 46.3 Å². The van der Waals surface area contributed by atoms with Gasteiger partial charge in [0.15, 0.2) is 10.3 Å². The summed E-state index contributed by atoms with van der Waals surface area (Å²) in [7, 11) is 1.63.